The van der Waals surface area contributed by atoms with Crippen molar-refractivity contribution in [2.24, 2.45) is 11.5 Å². The summed E-state index contributed by atoms with van der Waals surface area (Å²) in [5, 5.41) is 24.3. The van der Waals surface area contributed by atoms with E-state index in [0.717, 1.165) is 0 Å². The summed E-state index contributed by atoms with van der Waals surface area (Å²) < 4.78 is 0. The first-order valence-corrected chi connectivity index (χ1v) is 13.4. The van der Waals surface area contributed by atoms with Crippen molar-refractivity contribution in [3.63, 3.8) is 0 Å². The lowest BCUT2D eigenvalue weighted by molar-refractivity contribution is -0.149. The first kappa shape index (κ1) is 29.9. The number of primary amides is 1. The summed E-state index contributed by atoms with van der Waals surface area (Å²) >= 11 is 1.51. The number of phenols is 1. The standard InChI is InChI=1S/C24H35N5O7S/c1-37-12-10-16(25)21(32)27-17(8-9-20(26)31)22(33)28-18(13-14-4-6-15(30)7-5-14)23(34)29-11-2-3-19(29)24(35)36/h4-7,16-19,30H,2-3,8-13,25H2,1H3,(H2,26,31)(H,27,32)(H,28,33)(H,35,36). The first-order valence-electron chi connectivity index (χ1n) is 12.0. The van der Waals surface area contributed by atoms with E-state index in [2.05, 4.69) is 10.6 Å². The van der Waals surface area contributed by atoms with Crippen LogP contribution in [-0.4, -0.2) is 87.4 Å². The van der Waals surface area contributed by atoms with Gasteiger partial charge in [0.25, 0.3) is 0 Å². The molecule has 37 heavy (non-hydrogen) atoms. The van der Waals surface area contributed by atoms with E-state index in [1.165, 1.54) is 28.8 Å². The molecule has 4 unspecified atom stereocenters. The van der Waals surface area contributed by atoms with Crippen molar-refractivity contribution in [2.45, 2.75) is 62.7 Å². The highest BCUT2D eigenvalue weighted by Crippen LogP contribution is 2.20. The lowest BCUT2D eigenvalue weighted by atomic mass is 10.0. The van der Waals surface area contributed by atoms with Crippen LogP contribution in [0.3, 0.4) is 0 Å². The van der Waals surface area contributed by atoms with Crippen LogP contribution in [-0.2, 0) is 30.4 Å². The van der Waals surface area contributed by atoms with Crippen molar-refractivity contribution < 1.29 is 34.2 Å². The molecule has 1 fully saturated rings. The smallest absolute Gasteiger partial charge is 0.326 e. The summed E-state index contributed by atoms with van der Waals surface area (Å²) in [6, 6.07) is 1.80. The van der Waals surface area contributed by atoms with E-state index in [1.807, 2.05) is 6.26 Å². The van der Waals surface area contributed by atoms with Gasteiger partial charge in [-0.3, -0.25) is 19.2 Å². The molecule has 8 N–H and O–H groups in total. The van der Waals surface area contributed by atoms with Gasteiger partial charge >= 0.3 is 5.97 Å². The predicted octanol–water partition coefficient (Wildman–Crippen LogP) is -0.674. The second kappa shape index (κ2) is 14.4. The van der Waals surface area contributed by atoms with Gasteiger partial charge in [0.15, 0.2) is 0 Å². The minimum atomic E-state index is -1.19. The van der Waals surface area contributed by atoms with Crippen molar-refractivity contribution in [3.8, 4) is 5.75 Å². The van der Waals surface area contributed by atoms with Gasteiger partial charge in [-0.25, -0.2) is 4.79 Å². The number of thioether (sulfide) groups is 1. The minimum Gasteiger partial charge on any atom is -0.508 e. The molecular weight excluding hydrogens is 502 g/mol. The summed E-state index contributed by atoms with van der Waals surface area (Å²) in [5.74, 6) is -3.03. The Morgan fingerprint density at radius 2 is 1.73 bits per heavy atom. The highest BCUT2D eigenvalue weighted by Gasteiger charge is 2.38. The highest BCUT2D eigenvalue weighted by molar-refractivity contribution is 7.98. The number of phenolic OH excluding ortho intramolecular Hbond substituents is 1. The van der Waals surface area contributed by atoms with E-state index in [-0.39, 0.29) is 31.6 Å². The number of carboxylic acids is 1. The summed E-state index contributed by atoms with van der Waals surface area (Å²) in [7, 11) is 0. The second-order valence-corrected chi connectivity index (χ2v) is 9.90. The first-order chi connectivity index (χ1) is 17.5. The van der Waals surface area contributed by atoms with Crippen LogP contribution in [0.25, 0.3) is 0 Å². The minimum absolute atomic E-state index is 0.0113. The number of aromatic hydroxyl groups is 1. The number of likely N-dealkylation sites (tertiary alicyclic amines) is 1. The Hall–Kier alpha value is -3.32. The average molecular weight is 538 g/mol. The molecule has 1 aliphatic rings. The van der Waals surface area contributed by atoms with Gasteiger partial charge in [-0.15, -0.1) is 0 Å². The maximum absolute atomic E-state index is 13.4. The number of carbonyl (C=O) groups is 5. The molecule has 1 heterocycles. The molecule has 0 aliphatic carbocycles. The summed E-state index contributed by atoms with van der Waals surface area (Å²) in [5.41, 5.74) is 11.8. The van der Waals surface area contributed by atoms with E-state index >= 15 is 0 Å². The number of aliphatic carboxylic acids is 1. The maximum Gasteiger partial charge on any atom is 0.326 e. The van der Waals surface area contributed by atoms with Gasteiger partial charge in [0.2, 0.25) is 23.6 Å². The van der Waals surface area contributed by atoms with Crippen LogP contribution in [0.4, 0.5) is 0 Å². The van der Waals surface area contributed by atoms with Gasteiger partial charge in [-0.05, 0) is 55.4 Å². The zero-order valence-electron chi connectivity index (χ0n) is 20.7. The Balaban J connectivity index is 2.26. The number of hydrogen-bond donors (Lipinski definition) is 6. The molecule has 13 heteroatoms. The monoisotopic (exact) mass is 537 g/mol. The van der Waals surface area contributed by atoms with E-state index in [1.54, 1.807) is 12.1 Å². The lowest BCUT2D eigenvalue weighted by Crippen LogP contribution is -2.57. The fourth-order valence-corrected chi connectivity index (χ4v) is 4.53. The van der Waals surface area contributed by atoms with Gasteiger partial charge in [0.1, 0.15) is 23.9 Å². The molecule has 1 saturated heterocycles. The van der Waals surface area contributed by atoms with Crippen LogP contribution in [0.15, 0.2) is 24.3 Å². The van der Waals surface area contributed by atoms with Crippen LogP contribution in [0.1, 0.15) is 37.7 Å². The number of hydrogen-bond acceptors (Lipinski definition) is 8. The number of amides is 4. The summed E-state index contributed by atoms with van der Waals surface area (Å²) in [4.78, 5) is 63.5. The van der Waals surface area contributed by atoms with Crippen molar-refractivity contribution in [1.29, 1.82) is 0 Å². The normalized spacial score (nSPS) is 17.5. The molecule has 4 atom stereocenters. The molecule has 1 aromatic carbocycles. The second-order valence-electron chi connectivity index (χ2n) is 8.91. The van der Waals surface area contributed by atoms with Gasteiger partial charge in [0.05, 0.1) is 6.04 Å². The van der Waals surface area contributed by atoms with Crippen molar-refractivity contribution in [1.82, 2.24) is 15.5 Å². The molecule has 0 aromatic heterocycles. The zero-order valence-corrected chi connectivity index (χ0v) is 21.5. The van der Waals surface area contributed by atoms with Gasteiger partial charge < -0.3 is 37.2 Å². The Morgan fingerprint density at radius 3 is 2.32 bits per heavy atom. The Morgan fingerprint density at radius 1 is 1.08 bits per heavy atom. The third kappa shape index (κ3) is 9.25. The summed E-state index contributed by atoms with van der Waals surface area (Å²) in [6.07, 6.45) is 2.77. The number of nitrogens with one attached hydrogen (secondary N) is 2. The van der Waals surface area contributed by atoms with Crippen LogP contribution in [0.2, 0.25) is 0 Å². The number of nitrogens with zero attached hydrogens (tertiary/aromatic N) is 1. The summed E-state index contributed by atoms with van der Waals surface area (Å²) in [6.45, 7) is 0.226. The van der Waals surface area contributed by atoms with E-state index in [0.29, 0.717) is 30.6 Å². The Labute approximate surface area is 219 Å². The molecule has 1 aromatic rings. The third-order valence-corrected chi connectivity index (χ3v) is 6.74. The zero-order chi connectivity index (χ0) is 27.5. The molecule has 204 valence electrons. The number of benzene rings is 1. The third-order valence-electron chi connectivity index (χ3n) is 6.09. The van der Waals surface area contributed by atoms with Crippen LogP contribution in [0.5, 0.6) is 5.75 Å². The number of carboxylic acid groups (broad SMARTS) is 1. The quantitative estimate of drug-likeness (QED) is 0.178. The van der Waals surface area contributed by atoms with Gasteiger partial charge in [0, 0.05) is 19.4 Å². The molecule has 2 rings (SSSR count). The SMILES string of the molecule is CSCCC(N)C(=O)NC(CCC(N)=O)C(=O)NC(Cc1ccc(O)cc1)C(=O)N1CCCC1C(=O)O. The predicted molar refractivity (Wildman–Crippen MR) is 137 cm³/mol. The van der Waals surface area contributed by atoms with E-state index in [9.17, 15) is 34.2 Å². The van der Waals surface area contributed by atoms with Gasteiger partial charge in [-0.2, -0.15) is 11.8 Å². The van der Waals surface area contributed by atoms with Crippen LogP contribution < -0.4 is 22.1 Å². The van der Waals surface area contributed by atoms with Crippen molar-refractivity contribution >= 4 is 41.4 Å². The average Bonchev–Trinajstić information content (AvgIpc) is 3.35. The molecule has 0 radical (unpaired) electrons. The largest absolute Gasteiger partial charge is 0.508 e. The van der Waals surface area contributed by atoms with Crippen LogP contribution >= 0.6 is 11.8 Å². The number of rotatable bonds is 14. The lowest BCUT2D eigenvalue weighted by Gasteiger charge is -2.29. The molecule has 0 spiro atoms. The Bertz CT molecular complexity index is 975. The number of nitrogens with two attached hydrogens (primary N) is 2. The van der Waals surface area contributed by atoms with E-state index < -0.39 is 53.8 Å². The van der Waals surface area contributed by atoms with E-state index in [4.69, 9.17) is 11.5 Å². The Kier molecular flexibility index (Phi) is 11.7. The molecule has 4 amide bonds. The molecule has 12 nitrogen and oxygen atoms in total. The molecule has 1 aliphatic heterocycles. The van der Waals surface area contributed by atoms with Crippen LogP contribution in [0, 0.1) is 0 Å². The molecule has 0 bridgehead atoms. The molecule has 0 saturated carbocycles. The van der Waals surface area contributed by atoms with Crippen molar-refractivity contribution in [2.75, 3.05) is 18.6 Å². The fourth-order valence-electron chi connectivity index (χ4n) is 4.04. The maximum atomic E-state index is 13.4. The topological polar surface area (TPSA) is 205 Å². The molecular formula is C24H35N5O7S. The van der Waals surface area contributed by atoms with Gasteiger partial charge in [-0.1, -0.05) is 12.1 Å². The highest BCUT2D eigenvalue weighted by atomic mass is 32.2. The number of carbonyl (C=O) groups excluding carboxylic acids is 4. The fraction of sp³-hybridized carbons (Fsp3) is 0.542. The van der Waals surface area contributed by atoms with Crippen molar-refractivity contribution in [3.05, 3.63) is 29.8 Å².